The number of hydrogen-bond donors (Lipinski definition) is 2. The van der Waals surface area contributed by atoms with E-state index in [9.17, 15) is 0 Å². The van der Waals surface area contributed by atoms with Crippen LogP contribution < -0.4 is 0 Å². The Morgan fingerprint density at radius 3 is 2.56 bits per heavy atom. The molecule has 0 spiro atoms. The van der Waals surface area contributed by atoms with Crippen LogP contribution in [-0.4, -0.2) is 26.7 Å². The number of aromatic amines is 1. The number of aryl methyl sites for hydroxylation is 2. The Labute approximate surface area is 152 Å². The largest absolute Gasteiger partial charge is 0.439 e. The fraction of sp³-hybridized carbons (Fsp3) is 0.368. The van der Waals surface area contributed by atoms with Gasteiger partial charge in [-0.1, -0.05) is 36.6 Å². The molecule has 0 radical (unpaired) electrons. The first kappa shape index (κ1) is 17.7. The van der Waals surface area contributed by atoms with Crippen LogP contribution >= 0.6 is 11.6 Å². The maximum Gasteiger partial charge on any atom is 0.245 e. The second-order valence-corrected chi connectivity index (χ2v) is 6.50. The minimum atomic E-state index is 0.252. The smallest absolute Gasteiger partial charge is 0.245 e. The molecule has 25 heavy (non-hydrogen) atoms. The number of halogens is 1. The molecule has 0 saturated heterocycles. The second kappa shape index (κ2) is 8.32. The lowest BCUT2D eigenvalue weighted by Gasteiger charge is -2.02. The molecular weight excluding hydrogens is 338 g/mol. The number of rotatable bonds is 8. The third-order valence-electron chi connectivity index (χ3n) is 4.06. The number of hydrogen-bond acceptors (Lipinski definition) is 4. The van der Waals surface area contributed by atoms with Crippen LogP contribution in [0.4, 0.5) is 0 Å². The first-order valence-corrected chi connectivity index (χ1v) is 8.93. The summed E-state index contributed by atoms with van der Waals surface area (Å²) in [5, 5.41) is 9.58. The van der Waals surface area contributed by atoms with Gasteiger partial charge in [0.2, 0.25) is 5.89 Å². The van der Waals surface area contributed by atoms with Crippen LogP contribution in [0.5, 0.6) is 0 Å². The molecule has 6 heteroatoms. The van der Waals surface area contributed by atoms with Gasteiger partial charge in [0.05, 0.1) is 6.20 Å². The van der Waals surface area contributed by atoms with Gasteiger partial charge in [-0.3, -0.25) is 0 Å². The molecule has 0 atom stereocenters. The average Bonchev–Trinajstić information content (AvgIpc) is 3.22. The highest BCUT2D eigenvalue weighted by molar-refractivity contribution is 6.30. The van der Waals surface area contributed by atoms with Gasteiger partial charge in [0.25, 0.3) is 0 Å². The minimum absolute atomic E-state index is 0.252. The van der Waals surface area contributed by atoms with Gasteiger partial charge in [0, 0.05) is 23.6 Å². The van der Waals surface area contributed by atoms with Crippen LogP contribution in [0.1, 0.15) is 37.3 Å². The second-order valence-electron chi connectivity index (χ2n) is 6.07. The SMILES string of the molecule is Cc1ncc(-c2nc(-c3ccc(Cl)cc3)c(CCCCCCO)o2)[nH]1. The zero-order valence-corrected chi connectivity index (χ0v) is 15.0. The molecule has 0 amide bonds. The number of aliphatic hydroxyl groups is 1. The Morgan fingerprint density at radius 1 is 1.12 bits per heavy atom. The molecule has 0 fully saturated rings. The number of aromatic nitrogens is 3. The van der Waals surface area contributed by atoms with Crippen LogP contribution in [0.25, 0.3) is 22.8 Å². The lowest BCUT2D eigenvalue weighted by atomic mass is 10.1. The summed E-state index contributed by atoms with van der Waals surface area (Å²) in [7, 11) is 0. The maximum atomic E-state index is 8.88. The first-order valence-electron chi connectivity index (χ1n) is 8.56. The summed E-state index contributed by atoms with van der Waals surface area (Å²) >= 11 is 6.00. The van der Waals surface area contributed by atoms with E-state index in [0.717, 1.165) is 60.6 Å². The fourth-order valence-electron chi connectivity index (χ4n) is 2.75. The third kappa shape index (κ3) is 4.50. The predicted molar refractivity (Wildman–Crippen MR) is 98.5 cm³/mol. The van der Waals surface area contributed by atoms with Crippen LogP contribution in [-0.2, 0) is 6.42 Å². The van der Waals surface area contributed by atoms with Crippen molar-refractivity contribution in [2.45, 2.75) is 39.0 Å². The van der Waals surface area contributed by atoms with Crippen molar-refractivity contribution < 1.29 is 9.52 Å². The highest BCUT2D eigenvalue weighted by atomic mass is 35.5. The van der Waals surface area contributed by atoms with Crippen LogP contribution in [0.3, 0.4) is 0 Å². The highest BCUT2D eigenvalue weighted by Gasteiger charge is 2.17. The Hall–Kier alpha value is -2.11. The summed E-state index contributed by atoms with van der Waals surface area (Å²) < 4.78 is 6.04. The molecule has 0 saturated carbocycles. The summed E-state index contributed by atoms with van der Waals surface area (Å²) in [5.74, 6) is 2.25. The van der Waals surface area contributed by atoms with E-state index in [-0.39, 0.29) is 6.61 Å². The van der Waals surface area contributed by atoms with E-state index in [1.165, 1.54) is 0 Å². The van der Waals surface area contributed by atoms with Crippen molar-refractivity contribution in [2.24, 2.45) is 0 Å². The van der Waals surface area contributed by atoms with Crippen LogP contribution in [0.2, 0.25) is 5.02 Å². The summed E-state index contributed by atoms with van der Waals surface area (Å²) in [6.07, 6.45) is 6.46. The lowest BCUT2D eigenvalue weighted by molar-refractivity contribution is 0.282. The summed E-state index contributed by atoms with van der Waals surface area (Å²) in [6, 6.07) is 7.63. The summed E-state index contributed by atoms with van der Waals surface area (Å²) in [6.45, 7) is 2.15. The van der Waals surface area contributed by atoms with Crippen LogP contribution in [0, 0.1) is 6.92 Å². The van der Waals surface area contributed by atoms with Crippen LogP contribution in [0.15, 0.2) is 34.9 Å². The minimum Gasteiger partial charge on any atom is -0.439 e. The quantitative estimate of drug-likeness (QED) is 0.567. The number of H-pyrrole nitrogens is 1. The molecule has 0 aliphatic rings. The van der Waals surface area contributed by atoms with Gasteiger partial charge in [0.15, 0.2) is 0 Å². The van der Waals surface area contributed by atoms with Crippen molar-refractivity contribution in [3.05, 3.63) is 47.1 Å². The Bertz CT molecular complexity index is 808. The molecule has 3 aromatic rings. The topological polar surface area (TPSA) is 74.9 Å². The predicted octanol–water partition coefficient (Wildman–Crippen LogP) is 4.79. The molecule has 0 aliphatic carbocycles. The number of nitrogens with one attached hydrogen (secondary N) is 1. The van der Waals surface area contributed by atoms with Crippen molar-refractivity contribution in [1.82, 2.24) is 15.0 Å². The van der Waals surface area contributed by atoms with Gasteiger partial charge < -0.3 is 14.5 Å². The number of benzene rings is 1. The number of aliphatic hydroxyl groups excluding tert-OH is 1. The van der Waals surface area contributed by atoms with E-state index in [2.05, 4.69) is 15.0 Å². The van der Waals surface area contributed by atoms with E-state index in [0.29, 0.717) is 10.9 Å². The van der Waals surface area contributed by atoms with Crippen molar-refractivity contribution in [2.75, 3.05) is 6.61 Å². The summed E-state index contributed by atoms with van der Waals surface area (Å²) in [5.41, 5.74) is 2.61. The molecule has 2 aromatic heterocycles. The number of unbranched alkanes of at least 4 members (excludes halogenated alkanes) is 3. The van der Waals surface area contributed by atoms with Gasteiger partial charge in [-0.15, -0.1) is 0 Å². The van der Waals surface area contributed by atoms with E-state index in [1.807, 2.05) is 31.2 Å². The average molecular weight is 360 g/mol. The lowest BCUT2D eigenvalue weighted by Crippen LogP contribution is -1.89. The molecule has 0 bridgehead atoms. The number of oxazole rings is 1. The van der Waals surface area contributed by atoms with E-state index < -0.39 is 0 Å². The zero-order chi connectivity index (χ0) is 17.6. The van der Waals surface area contributed by atoms with Crippen molar-refractivity contribution in [3.8, 4) is 22.8 Å². The monoisotopic (exact) mass is 359 g/mol. The van der Waals surface area contributed by atoms with E-state index in [1.54, 1.807) is 6.20 Å². The molecular formula is C19H22ClN3O2. The molecule has 132 valence electrons. The van der Waals surface area contributed by atoms with Gasteiger partial charge in [-0.05, 0) is 31.9 Å². The van der Waals surface area contributed by atoms with E-state index in [4.69, 9.17) is 21.1 Å². The molecule has 0 aliphatic heterocycles. The normalized spacial score (nSPS) is 11.2. The molecule has 5 nitrogen and oxygen atoms in total. The van der Waals surface area contributed by atoms with Crippen molar-refractivity contribution >= 4 is 11.6 Å². The summed E-state index contributed by atoms with van der Waals surface area (Å²) in [4.78, 5) is 12.1. The molecule has 2 N–H and O–H groups in total. The van der Waals surface area contributed by atoms with Crippen molar-refractivity contribution in [1.29, 1.82) is 0 Å². The Morgan fingerprint density at radius 2 is 1.88 bits per heavy atom. The van der Waals surface area contributed by atoms with E-state index >= 15 is 0 Å². The Balaban J connectivity index is 1.85. The first-order chi connectivity index (χ1) is 12.2. The highest BCUT2D eigenvalue weighted by Crippen LogP contribution is 2.30. The van der Waals surface area contributed by atoms with Gasteiger partial charge in [0.1, 0.15) is 23.0 Å². The van der Waals surface area contributed by atoms with Gasteiger partial charge in [-0.25, -0.2) is 9.97 Å². The molecule has 3 rings (SSSR count). The number of imidazole rings is 1. The van der Waals surface area contributed by atoms with Gasteiger partial charge in [-0.2, -0.15) is 0 Å². The third-order valence-corrected chi connectivity index (χ3v) is 4.31. The van der Waals surface area contributed by atoms with Crippen molar-refractivity contribution in [3.63, 3.8) is 0 Å². The molecule has 2 heterocycles. The number of nitrogens with zero attached hydrogens (tertiary/aromatic N) is 2. The maximum absolute atomic E-state index is 8.88. The molecule has 0 unspecified atom stereocenters. The fourth-order valence-corrected chi connectivity index (χ4v) is 2.88. The molecule has 1 aromatic carbocycles. The standard InChI is InChI=1S/C19H22ClN3O2/c1-13-21-12-16(22-13)19-23-18(14-7-9-15(20)10-8-14)17(25-19)6-4-2-3-5-11-24/h7-10,12,24H,2-6,11H2,1H3,(H,21,22). The van der Waals surface area contributed by atoms with Gasteiger partial charge >= 0.3 is 0 Å². The Kier molecular flexibility index (Phi) is 5.89. The zero-order valence-electron chi connectivity index (χ0n) is 14.3.